The van der Waals surface area contributed by atoms with Gasteiger partial charge in [0.2, 0.25) is 0 Å². The fraction of sp³-hybridized carbons (Fsp3) is 0.0952. The Morgan fingerprint density at radius 2 is 1.63 bits per heavy atom. The number of alkyl halides is 3. The largest absolute Gasteiger partial charge is 0.478 e. The molecule has 3 aromatic rings. The Kier molecular flexibility index (Phi) is 5.81. The number of carbonyl (C=O) groups is 2. The van der Waals surface area contributed by atoms with E-state index in [0.29, 0.717) is 0 Å². The summed E-state index contributed by atoms with van der Waals surface area (Å²) in [5.41, 5.74) is -1.06. The first-order chi connectivity index (χ1) is 14.2. The molecule has 0 spiro atoms. The molecule has 0 bridgehead atoms. The van der Waals surface area contributed by atoms with Crippen molar-refractivity contribution in [2.24, 2.45) is 0 Å². The van der Waals surface area contributed by atoms with E-state index in [2.05, 4.69) is 10.3 Å². The van der Waals surface area contributed by atoms with Gasteiger partial charge in [0.05, 0.1) is 17.2 Å². The smallest absolute Gasteiger partial charge is 0.416 e. The zero-order chi connectivity index (χ0) is 21.9. The summed E-state index contributed by atoms with van der Waals surface area (Å²) in [6.07, 6.45) is -3.27. The monoisotopic (exact) mass is 418 g/mol. The molecule has 2 N–H and O–H groups in total. The maximum atomic E-state index is 14.3. The van der Waals surface area contributed by atoms with Gasteiger partial charge in [-0.3, -0.25) is 9.78 Å². The van der Waals surface area contributed by atoms with E-state index in [4.69, 9.17) is 5.11 Å². The third-order valence-electron chi connectivity index (χ3n) is 4.28. The molecule has 3 rings (SSSR count). The van der Waals surface area contributed by atoms with Gasteiger partial charge in [-0.15, -0.1) is 0 Å². The van der Waals surface area contributed by atoms with Crippen molar-refractivity contribution in [3.05, 3.63) is 101 Å². The topological polar surface area (TPSA) is 79.3 Å². The van der Waals surface area contributed by atoms with Gasteiger partial charge >= 0.3 is 12.1 Å². The SMILES string of the molecule is O=C(O)c1cccc(C(=O)NC(c2ccc(C(F)(F)F)cc2)c2ncccc2F)c1. The number of amides is 1. The summed E-state index contributed by atoms with van der Waals surface area (Å²) < 4.78 is 52.9. The van der Waals surface area contributed by atoms with Crippen LogP contribution in [0.4, 0.5) is 17.6 Å². The number of pyridine rings is 1. The molecule has 0 fully saturated rings. The number of carboxylic acid groups (broad SMARTS) is 1. The van der Waals surface area contributed by atoms with Crippen molar-refractivity contribution in [2.45, 2.75) is 12.2 Å². The van der Waals surface area contributed by atoms with Crippen molar-refractivity contribution in [1.29, 1.82) is 0 Å². The molecule has 0 saturated carbocycles. The lowest BCUT2D eigenvalue weighted by Crippen LogP contribution is -2.30. The number of hydrogen-bond acceptors (Lipinski definition) is 3. The first-order valence-corrected chi connectivity index (χ1v) is 8.58. The summed E-state index contributed by atoms with van der Waals surface area (Å²) in [6.45, 7) is 0. The molecule has 0 aliphatic heterocycles. The summed E-state index contributed by atoms with van der Waals surface area (Å²) in [7, 11) is 0. The maximum Gasteiger partial charge on any atom is 0.416 e. The van der Waals surface area contributed by atoms with Gasteiger partial charge in [0, 0.05) is 11.8 Å². The highest BCUT2D eigenvalue weighted by atomic mass is 19.4. The Balaban J connectivity index is 1.99. The van der Waals surface area contributed by atoms with Crippen LogP contribution in [0.2, 0.25) is 0 Å². The van der Waals surface area contributed by atoms with Crippen LogP contribution in [0, 0.1) is 5.82 Å². The highest BCUT2D eigenvalue weighted by Gasteiger charge is 2.31. The van der Waals surface area contributed by atoms with Gasteiger partial charge in [-0.25, -0.2) is 9.18 Å². The van der Waals surface area contributed by atoms with Crippen molar-refractivity contribution >= 4 is 11.9 Å². The van der Waals surface area contributed by atoms with E-state index in [-0.39, 0.29) is 22.4 Å². The summed E-state index contributed by atoms with van der Waals surface area (Å²) in [4.78, 5) is 27.7. The van der Waals surface area contributed by atoms with Crippen molar-refractivity contribution in [2.75, 3.05) is 0 Å². The van der Waals surface area contributed by atoms with Gasteiger partial charge in [0.25, 0.3) is 5.91 Å². The van der Waals surface area contributed by atoms with E-state index >= 15 is 0 Å². The fourth-order valence-electron chi connectivity index (χ4n) is 2.79. The van der Waals surface area contributed by atoms with Crippen molar-refractivity contribution in [3.63, 3.8) is 0 Å². The average molecular weight is 418 g/mol. The number of aromatic nitrogens is 1. The highest BCUT2D eigenvalue weighted by Crippen LogP contribution is 2.31. The number of carbonyl (C=O) groups excluding carboxylic acids is 1. The van der Waals surface area contributed by atoms with Gasteiger partial charge in [0.15, 0.2) is 0 Å². The fourth-order valence-corrected chi connectivity index (χ4v) is 2.79. The molecular weight excluding hydrogens is 404 g/mol. The zero-order valence-corrected chi connectivity index (χ0v) is 15.2. The molecule has 0 aliphatic rings. The summed E-state index contributed by atoms with van der Waals surface area (Å²) >= 11 is 0. The second-order valence-electron chi connectivity index (χ2n) is 6.28. The molecule has 154 valence electrons. The van der Waals surface area contributed by atoms with Crippen LogP contribution >= 0.6 is 0 Å². The Morgan fingerprint density at radius 1 is 0.967 bits per heavy atom. The van der Waals surface area contributed by atoms with Crippen LogP contribution in [0.1, 0.15) is 43.6 Å². The molecule has 0 radical (unpaired) electrons. The molecule has 1 aromatic heterocycles. The third-order valence-corrected chi connectivity index (χ3v) is 4.28. The molecule has 0 aliphatic carbocycles. The quantitative estimate of drug-likeness (QED) is 0.600. The van der Waals surface area contributed by atoms with E-state index in [1.807, 2.05) is 0 Å². The van der Waals surface area contributed by atoms with Gasteiger partial charge in [0.1, 0.15) is 11.5 Å². The molecule has 5 nitrogen and oxygen atoms in total. The normalized spacial score (nSPS) is 12.3. The van der Waals surface area contributed by atoms with Gasteiger partial charge < -0.3 is 10.4 Å². The van der Waals surface area contributed by atoms with Crippen molar-refractivity contribution < 1.29 is 32.3 Å². The molecule has 0 saturated heterocycles. The van der Waals surface area contributed by atoms with E-state index in [1.54, 1.807) is 0 Å². The van der Waals surface area contributed by atoms with Crippen LogP contribution in [0.5, 0.6) is 0 Å². The molecule has 1 unspecified atom stereocenters. The Labute approximate surface area is 168 Å². The molecule has 9 heteroatoms. The predicted molar refractivity (Wildman–Crippen MR) is 98.3 cm³/mol. The minimum absolute atomic E-state index is 0.0110. The molecular formula is C21H14F4N2O3. The molecule has 1 atom stereocenters. The summed E-state index contributed by atoms with van der Waals surface area (Å²) in [5, 5.41) is 11.6. The second-order valence-corrected chi connectivity index (χ2v) is 6.28. The lowest BCUT2D eigenvalue weighted by molar-refractivity contribution is -0.137. The van der Waals surface area contributed by atoms with Crippen molar-refractivity contribution in [1.82, 2.24) is 10.3 Å². The number of aromatic carboxylic acids is 1. The van der Waals surface area contributed by atoms with Crippen LogP contribution in [-0.4, -0.2) is 22.0 Å². The summed E-state index contributed by atoms with van der Waals surface area (Å²) in [5.74, 6) is -2.74. The Bertz CT molecular complexity index is 1080. The van der Waals surface area contributed by atoms with E-state index < -0.39 is 35.5 Å². The van der Waals surface area contributed by atoms with Crippen LogP contribution in [0.25, 0.3) is 0 Å². The third kappa shape index (κ3) is 4.62. The van der Waals surface area contributed by atoms with E-state index in [0.717, 1.165) is 36.4 Å². The Morgan fingerprint density at radius 3 is 2.23 bits per heavy atom. The number of nitrogens with one attached hydrogen (secondary N) is 1. The lowest BCUT2D eigenvalue weighted by Gasteiger charge is -2.20. The van der Waals surface area contributed by atoms with Crippen LogP contribution < -0.4 is 5.32 Å². The average Bonchev–Trinajstić information content (AvgIpc) is 2.72. The number of benzene rings is 2. The second kappa shape index (κ2) is 8.32. The van der Waals surface area contributed by atoms with Gasteiger partial charge in [-0.05, 0) is 48.0 Å². The Hall–Kier alpha value is -3.75. The maximum absolute atomic E-state index is 14.3. The molecule has 1 amide bonds. The van der Waals surface area contributed by atoms with Gasteiger partial charge in [-0.2, -0.15) is 13.2 Å². The number of rotatable bonds is 5. The number of hydrogen-bond donors (Lipinski definition) is 2. The number of nitrogens with zero attached hydrogens (tertiary/aromatic N) is 1. The van der Waals surface area contributed by atoms with E-state index in [9.17, 15) is 27.2 Å². The predicted octanol–water partition coefficient (Wildman–Crippen LogP) is 4.46. The molecule has 1 heterocycles. The highest BCUT2D eigenvalue weighted by molar-refractivity contribution is 5.97. The molecule has 30 heavy (non-hydrogen) atoms. The number of halogens is 4. The van der Waals surface area contributed by atoms with Gasteiger partial charge in [-0.1, -0.05) is 18.2 Å². The first kappa shape index (κ1) is 21.0. The number of carboxylic acids is 1. The van der Waals surface area contributed by atoms with Crippen LogP contribution in [-0.2, 0) is 6.18 Å². The lowest BCUT2D eigenvalue weighted by atomic mass is 10.00. The van der Waals surface area contributed by atoms with Crippen molar-refractivity contribution in [3.8, 4) is 0 Å². The van der Waals surface area contributed by atoms with Crippen LogP contribution in [0.3, 0.4) is 0 Å². The van der Waals surface area contributed by atoms with E-state index in [1.165, 1.54) is 30.5 Å². The standard InChI is InChI=1S/C21H14F4N2O3/c22-16-5-2-10-26-18(16)17(12-6-8-15(9-7-12)21(23,24)25)27-19(28)13-3-1-4-14(11-13)20(29)30/h1-11,17H,(H,27,28)(H,29,30). The molecule has 2 aromatic carbocycles. The van der Waals surface area contributed by atoms with Crippen LogP contribution in [0.15, 0.2) is 66.9 Å². The first-order valence-electron chi connectivity index (χ1n) is 8.58. The summed E-state index contributed by atoms with van der Waals surface area (Å²) in [6, 6.07) is 10.3. The minimum atomic E-state index is -4.55. The zero-order valence-electron chi connectivity index (χ0n) is 15.2. The minimum Gasteiger partial charge on any atom is -0.478 e.